The molecule has 9 heteroatoms. The molecule has 0 unspecified atom stereocenters. The highest BCUT2D eigenvalue weighted by Crippen LogP contribution is 2.32. The summed E-state index contributed by atoms with van der Waals surface area (Å²) in [6.07, 6.45) is -2.12. The molecule has 0 fully saturated rings. The third kappa shape index (κ3) is 5.55. The van der Waals surface area contributed by atoms with Crippen LogP contribution in [0.15, 0.2) is 18.5 Å². The van der Waals surface area contributed by atoms with Crippen molar-refractivity contribution in [2.45, 2.75) is 45.5 Å². The first-order valence-corrected chi connectivity index (χ1v) is 11.9. The number of aromatic nitrogens is 3. The lowest BCUT2D eigenvalue weighted by molar-refractivity contribution is -0.141. The van der Waals surface area contributed by atoms with E-state index in [4.69, 9.17) is 16.3 Å². The van der Waals surface area contributed by atoms with Crippen molar-refractivity contribution in [1.82, 2.24) is 14.5 Å². The van der Waals surface area contributed by atoms with Gasteiger partial charge < -0.3 is 9.30 Å². The van der Waals surface area contributed by atoms with Gasteiger partial charge in [-0.05, 0) is 24.6 Å². The molecule has 25 heavy (non-hydrogen) atoms. The van der Waals surface area contributed by atoms with Gasteiger partial charge in [-0.1, -0.05) is 31.2 Å². The molecule has 0 aliphatic heterocycles. The molecule has 0 radical (unpaired) electrons. The summed E-state index contributed by atoms with van der Waals surface area (Å²) in [7, 11) is -1.27. The van der Waals surface area contributed by atoms with E-state index < -0.39 is 19.9 Å². The molecule has 0 atom stereocenters. The van der Waals surface area contributed by atoms with Crippen LogP contribution >= 0.6 is 11.6 Å². The highest BCUT2D eigenvalue weighted by Gasteiger charge is 2.35. The Hall–Kier alpha value is -1.38. The van der Waals surface area contributed by atoms with Crippen LogP contribution in [0.2, 0.25) is 30.8 Å². The van der Waals surface area contributed by atoms with E-state index >= 15 is 0 Å². The minimum Gasteiger partial charge on any atom is -0.361 e. The van der Waals surface area contributed by atoms with E-state index in [9.17, 15) is 13.2 Å². The Kier molecular flexibility index (Phi) is 5.96. The van der Waals surface area contributed by atoms with E-state index in [1.165, 1.54) is 10.8 Å². The van der Waals surface area contributed by atoms with Crippen LogP contribution in [0.3, 0.4) is 0 Å². The summed E-state index contributed by atoms with van der Waals surface area (Å²) < 4.78 is 46.1. The van der Waals surface area contributed by atoms with Crippen LogP contribution in [0.5, 0.6) is 0 Å². The van der Waals surface area contributed by atoms with Gasteiger partial charge in [0.2, 0.25) is 0 Å². The molecule has 0 aliphatic carbocycles. The quantitative estimate of drug-likeness (QED) is 0.384. The summed E-state index contributed by atoms with van der Waals surface area (Å²) in [4.78, 5) is 7.71. The highest BCUT2D eigenvalue weighted by atomic mass is 35.5. The van der Waals surface area contributed by atoms with Crippen LogP contribution in [0.1, 0.15) is 11.3 Å². The molecular weight excluding hydrogens is 371 g/mol. The molecule has 2 aromatic heterocycles. The second kappa shape index (κ2) is 7.47. The number of halogens is 4. The molecule has 4 nitrogen and oxygen atoms in total. The number of nitrogens with zero attached hydrogens (tertiary/aromatic N) is 3. The maximum atomic E-state index is 13.1. The van der Waals surface area contributed by atoms with Crippen molar-refractivity contribution in [3.63, 3.8) is 0 Å². The SMILES string of the molecule is Cc1cc(Cl)ncc1-c1nc(C(F)(F)F)cn1COCC[Si](C)(C)C. The van der Waals surface area contributed by atoms with Gasteiger partial charge in [0.1, 0.15) is 17.7 Å². The van der Waals surface area contributed by atoms with Crippen molar-refractivity contribution in [3.05, 3.63) is 34.9 Å². The fourth-order valence-electron chi connectivity index (χ4n) is 2.16. The van der Waals surface area contributed by atoms with Crippen molar-refractivity contribution in [2.75, 3.05) is 6.61 Å². The number of ether oxygens (including phenoxy) is 1. The van der Waals surface area contributed by atoms with Gasteiger partial charge in [0.05, 0.1) is 0 Å². The second-order valence-corrected chi connectivity index (χ2v) is 13.1. The van der Waals surface area contributed by atoms with E-state index in [-0.39, 0.29) is 17.7 Å². The summed E-state index contributed by atoms with van der Waals surface area (Å²) >= 11 is 5.83. The van der Waals surface area contributed by atoms with E-state index in [2.05, 4.69) is 29.6 Å². The Labute approximate surface area is 151 Å². The Morgan fingerprint density at radius 2 is 1.96 bits per heavy atom. The van der Waals surface area contributed by atoms with Gasteiger partial charge >= 0.3 is 6.18 Å². The number of pyridine rings is 1. The van der Waals surface area contributed by atoms with Crippen molar-refractivity contribution in [2.24, 2.45) is 0 Å². The maximum absolute atomic E-state index is 13.1. The maximum Gasteiger partial charge on any atom is 0.434 e. The predicted molar refractivity (Wildman–Crippen MR) is 94.3 cm³/mol. The van der Waals surface area contributed by atoms with Gasteiger partial charge in [0, 0.05) is 32.6 Å². The fourth-order valence-corrected chi connectivity index (χ4v) is 3.13. The predicted octanol–water partition coefficient (Wildman–Crippen LogP) is 5.24. The topological polar surface area (TPSA) is 39.9 Å². The Bertz CT molecular complexity index is 741. The zero-order chi connectivity index (χ0) is 18.8. The molecule has 0 saturated heterocycles. The lowest BCUT2D eigenvalue weighted by Crippen LogP contribution is -2.22. The number of imidazole rings is 1. The number of hydrogen-bond donors (Lipinski definition) is 0. The minimum absolute atomic E-state index is 0.00492. The van der Waals surface area contributed by atoms with Crippen molar-refractivity contribution < 1.29 is 17.9 Å². The summed E-state index contributed by atoms with van der Waals surface area (Å²) in [5.41, 5.74) is 0.238. The van der Waals surface area contributed by atoms with Gasteiger partial charge in [0.15, 0.2) is 5.69 Å². The third-order valence-corrected chi connectivity index (χ3v) is 5.52. The van der Waals surface area contributed by atoms with E-state index in [0.29, 0.717) is 17.7 Å². The number of alkyl halides is 3. The van der Waals surface area contributed by atoms with E-state index in [0.717, 1.165) is 12.2 Å². The molecule has 2 aromatic rings. The molecule has 2 rings (SSSR count). The zero-order valence-corrected chi connectivity index (χ0v) is 16.4. The molecule has 0 aliphatic rings. The lowest BCUT2D eigenvalue weighted by atomic mass is 10.1. The number of hydrogen-bond acceptors (Lipinski definition) is 3. The molecule has 2 heterocycles. The van der Waals surface area contributed by atoms with E-state index in [1.54, 1.807) is 13.0 Å². The van der Waals surface area contributed by atoms with Gasteiger partial charge in [-0.3, -0.25) is 0 Å². The smallest absolute Gasteiger partial charge is 0.361 e. The molecular formula is C16H21ClF3N3OSi. The Balaban J connectivity index is 2.29. The Morgan fingerprint density at radius 3 is 2.52 bits per heavy atom. The van der Waals surface area contributed by atoms with Crippen molar-refractivity contribution in [3.8, 4) is 11.4 Å². The molecule has 138 valence electrons. The summed E-state index contributed by atoms with van der Waals surface area (Å²) in [5, 5.41) is 0.279. The molecule has 0 saturated carbocycles. The molecule has 0 aromatic carbocycles. The first-order valence-electron chi connectivity index (χ1n) is 7.82. The van der Waals surface area contributed by atoms with Crippen LogP contribution in [0.25, 0.3) is 11.4 Å². The normalized spacial score (nSPS) is 12.6. The van der Waals surface area contributed by atoms with Crippen LogP contribution in [-0.4, -0.2) is 29.2 Å². The van der Waals surface area contributed by atoms with Crippen LogP contribution in [0, 0.1) is 6.92 Å². The molecule has 0 bridgehead atoms. The lowest BCUT2D eigenvalue weighted by Gasteiger charge is -2.16. The average molecular weight is 392 g/mol. The molecule has 0 spiro atoms. The van der Waals surface area contributed by atoms with Crippen LogP contribution in [0.4, 0.5) is 13.2 Å². The molecule has 0 N–H and O–H groups in total. The van der Waals surface area contributed by atoms with Crippen LogP contribution in [-0.2, 0) is 17.6 Å². The van der Waals surface area contributed by atoms with Gasteiger partial charge in [0.25, 0.3) is 0 Å². The summed E-state index contributed by atoms with van der Waals surface area (Å²) in [6, 6.07) is 2.53. The Morgan fingerprint density at radius 1 is 1.28 bits per heavy atom. The number of aryl methyl sites for hydroxylation is 1. The minimum atomic E-state index is -4.52. The summed E-state index contributed by atoms with van der Waals surface area (Å²) in [5.74, 6) is 0.169. The van der Waals surface area contributed by atoms with Gasteiger partial charge in [-0.2, -0.15) is 13.2 Å². The largest absolute Gasteiger partial charge is 0.434 e. The average Bonchev–Trinajstić information content (AvgIpc) is 2.86. The third-order valence-electron chi connectivity index (χ3n) is 3.61. The van der Waals surface area contributed by atoms with Gasteiger partial charge in [-0.25, -0.2) is 9.97 Å². The van der Waals surface area contributed by atoms with Crippen molar-refractivity contribution >= 4 is 19.7 Å². The van der Waals surface area contributed by atoms with E-state index in [1.807, 2.05) is 0 Å². The summed E-state index contributed by atoms with van der Waals surface area (Å²) in [6.45, 7) is 8.90. The van der Waals surface area contributed by atoms with Crippen LogP contribution < -0.4 is 0 Å². The fraction of sp³-hybridized carbons (Fsp3) is 0.500. The second-order valence-electron chi connectivity index (χ2n) is 7.09. The standard InChI is InChI=1S/C16H21ClF3N3OSi/c1-11-7-14(17)21-8-12(11)15-22-13(16(18,19)20)9-23(15)10-24-5-6-25(2,3)4/h7-9H,5-6,10H2,1-4H3. The first-order chi connectivity index (χ1) is 11.5. The monoisotopic (exact) mass is 391 g/mol. The zero-order valence-electron chi connectivity index (χ0n) is 14.6. The molecule has 0 amide bonds. The number of rotatable bonds is 6. The highest BCUT2D eigenvalue weighted by molar-refractivity contribution is 6.76. The first kappa shape index (κ1) is 19.9. The van der Waals surface area contributed by atoms with Crippen molar-refractivity contribution in [1.29, 1.82) is 0 Å². The van der Waals surface area contributed by atoms with Gasteiger partial charge in [-0.15, -0.1) is 0 Å².